The summed E-state index contributed by atoms with van der Waals surface area (Å²) >= 11 is 0. The molecule has 0 spiro atoms. The highest BCUT2D eigenvalue weighted by atomic mass is 16.2. The summed E-state index contributed by atoms with van der Waals surface area (Å²) in [7, 11) is 1.94. The molecule has 0 unspecified atom stereocenters. The van der Waals surface area contributed by atoms with Crippen molar-refractivity contribution in [2.24, 2.45) is 18.9 Å². The standard InChI is InChI=1S/C22H35N5O2/c1-16(2)11-20-19(22(29)26-9-5-4-6-10-26)12-18-14-25(15-21(28)27(18)20)13-17-7-8-23-24(17)3/h7-8,16,18-20H,4-6,9-15H2,1-3H3/t18-,19-,20-/m1/s1. The van der Waals surface area contributed by atoms with Crippen LogP contribution in [-0.4, -0.2) is 74.6 Å². The van der Waals surface area contributed by atoms with Crippen LogP contribution in [-0.2, 0) is 23.2 Å². The molecule has 4 rings (SSSR count). The molecule has 3 saturated heterocycles. The van der Waals surface area contributed by atoms with Crippen LogP contribution < -0.4 is 0 Å². The number of carbonyl (C=O) groups is 2. The van der Waals surface area contributed by atoms with Crippen LogP contribution in [0.5, 0.6) is 0 Å². The molecule has 2 amide bonds. The molecule has 0 aliphatic carbocycles. The lowest BCUT2D eigenvalue weighted by Crippen LogP contribution is -2.56. The van der Waals surface area contributed by atoms with Crippen LogP contribution in [0.3, 0.4) is 0 Å². The van der Waals surface area contributed by atoms with E-state index in [-0.39, 0.29) is 29.8 Å². The number of fused-ring (bicyclic) bond motifs is 1. The summed E-state index contributed by atoms with van der Waals surface area (Å²) in [5.74, 6) is 0.899. The molecule has 0 N–H and O–H groups in total. The summed E-state index contributed by atoms with van der Waals surface area (Å²) in [4.78, 5) is 32.9. The molecule has 3 aliphatic rings. The number of nitrogens with zero attached hydrogens (tertiary/aromatic N) is 5. The molecule has 7 nitrogen and oxygen atoms in total. The third-order valence-corrected chi connectivity index (χ3v) is 6.86. The van der Waals surface area contributed by atoms with E-state index < -0.39 is 0 Å². The second-order valence-corrected chi connectivity index (χ2v) is 9.50. The SMILES string of the molecule is CC(C)C[C@@H]1[C@H](C(=O)N2CCCCC2)C[C@@H]2CN(Cc3ccnn3C)CC(=O)N21. The van der Waals surface area contributed by atoms with Crippen molar-refractivity contribution >= 4 is 11.8 Å². The molecule has 29 heavy (non-hydrogen) atoms. The first-order chi connectivity index (χ1) is 13.9. The Labute approximate surface area is 174 Å². The van der Waals surface area contributed by atoms with Gasteiger partial charge in [0.1, 0.15) is 0 Å². The maximum atomic E-state index is 13.4. The van der Waals surface area contributed by atoms with Crippen molar-refractivity contribution in [1.29, 1.82) is 0 Å². The first kappa shape index (κ1) is 20.4. The van der Waals surface area contributed by atoms with Crippen molar-refractivity contribution in [3.63, 3.8) is 0 Å². The van der Waals surface area contributed by atoms with E-state index in [1.807, 2.05) is 17.8 Å². The number of likely N-dealkylation sites (tertiary alicyclic amines) is 1. The lowest BCUT2D eigenvalue weighted by Gasteiger charge is -2.40. The second-order valence-electron chi connectivity index (χ2n) is 9.50. The number of carbonyl (C=O) groups excluding carboxylic acids is 2. The Morgan fingerprint density at radius 2 is 2.00 bits per heavy atom. The minimum atomic E-state index is -0.0406. The lowest BCUT2D eigenvalue weighted by molar-refractivity contribution is -0.142. The molecule has 0 bridgehead atoms. The number of aromatic nitrogens is 2. The van der Waals surface area contributed by atoms with Gasteiger partial charge in [-0.15, -0.1) is 0 Å². The average molecular weight is 402 g/mol. The van der Waals surface area contributed by atoms with E-state index in [1.165, 1.54) is 6.42 Å². The lowest BCUT2D eigenvalue weighted by atomic mass is 9.90. The van der Waals surface area contributed by atoms with Gasteiger partial charge < -0.3 is 9.80 Å². The monoisotopic (exact) mass is 401 g/mol. The number of amides is 2. The van der Waals surface area contributed by atoms with Crippen LogP contribution in [0.4, 0.5) is 0 Å². The van der Waals surface area contributed by atoms with Gasteiger partial charge in [-0.1, -0.05) is 13.8 Å². The zero-order valence-electron chi connectivity index (χ0n) is 18.1. The third kappa shape index (κ3) is 4.20. The molecule has 0 aromatic carbocycles. The molecule has 160 valence electrons. The average Bonchev–Trinajstić information content (AvgIpc) is 3.25. The van der Waals surface area contributed by atoms with E-state index in [1.54, 1.807) is 6.20 Å². The maximum Gasteiger partial charge on any atom is 0.237 e. The van der Waals surface area contributed by atoms with E-state index in [2.05, 4.69) is 33.6 Å². The molecular weight excluding hydrogens is 366 g/mol. The molecule has 4 heterocycles. The second kappa shape index (κ2) is 8.46. The molecule has 3 aliphatic heterocycles. The van der Waals surface area contributed by atoms with Gasteiger partial charge in [0.15, 0.2) is 0 Å². The third-order valence-electron chi connectivity index (χ3n) is 6.86. The van der Waals surface area contributed by atoms with E-state index in [9.17, 15) is 9.59 Å². The van der Waals surface area contributed by atoms with Gasteiger partial charge in [-0.05, 0) is 44.1 Å². The summed E-state index contributed by atoms with van der Waals surface area (Å²) in [5, 5.41) is 4.24. The van der Waals surface area contributed by atoms with Gasteiger partial charge in [-0.25, -0.2) is 0 Å². The predicted molar refractivity (Wildman–Crippen MR) is 111 cm³/mol. The zero-order valence-corrected chi connectivity index (χ0v) is 18.1. The Morgan fingerprint density at radius 1 is 1.24 bits per heavy atom. The topological polar surface area (TPSA) is 61.7 Å². The van der Waals surface area contributed by atoms with Crippen LogP contribution in [0.15, 0.2) is 12.3 Å². The number of hydrogen-bond donors (Lipinski definition) is 0. The highest BCUT2D eigenvalue weighted by molar-refractivity contribution is 5.85. The number of piperazine rings is 1. The first-order valence-corrected chi connectivity index (χ1v) is 11.2. The Kier molecular flexibility index (Phi) is 5.95. The van der Waals surface area contributed by atoms with E-state index in [0.29, 0.717) is 12.5 Å². The minimum Gasteiger partial charge on any atom is -0.342 e. The number of piperidine rings is 1. The highest BCUT2D eigenvalue weighted by Gasteiger charge is 2.50. The summed E-state index contributed by atoms with van der Waals surface area (Å²) in [6.07, 6.45) is 6.96. The zero-order chi connectivity index (χ0) is 20.5. The molecular formula is C22H35N5O2. The molecule has 1 aromatic rings. The van der Waals surface area contributed by atoms with Crippen molar-refractivity contribution < 1.29 is 9.59 Å². The molecule has 0 radical (unpaired) electrons. The fourth-order valence-electron chi connectivity index (χ4n) is 5.50. The van der Waals surface area contributed by atoms with Crippen molar-refractivity contribution in [1.82, 2.24) is 24.5 Å². The highest BCUT2D eigenvalue weighted by Crippen LogP contribution is 2.38. The van der Waals surface area contributed by atoms with E-state index in [0.717, 1.165) is 57.6 Å². The van der Waals surface area contributed by atoms with Gasteiger partial charge in [-0.2, -0.15) is 5.10 Å². The van der Waals surface area contributed by atoms with Crippen molar-refractivity contribution in [3.8, 4) is 0 Å². The Hall–Kier alpha value is -1.89. The van der Waals surface area contributed by atoms with Gasteiger partial charge in [-0.3, -0.25) is 19.2 Å². The summed E-state index contributed by atoms with van der Waals surface area (Å²) in [6.45, 7) is 8.16. The Bertz CT molecular complexity index is 739. The molecule has 7 heteroatoms. The predicted octanol–water partition coefficient (Wildman–Crippen LogP) is 1.88. The molecule has 1 aromatic heterocycles. The Morgan fingerprint density at radius 3 is 2.66 bits per heavy atom. The van der Waals surface area contributed by atoms with Gasteiger partial charge in [0.05, 0.1) is 18.2 Å². The van der Waals surface area contributed by atoms with Crippen LogP contribution in [0.2, 0.25) is 0 Å². The van der Waals surface area contributed by atoms with Crippen molar-refractivity contribution in [2.75, 3.05) is 26.2 Å². The smallest absolute Gasteiger partial charge is 0.237 e. The van der Waals surface area contributed by atoms with E-state index in [4.69, 9.17) is 0 Å². The van der Waals surface area contributed by atoms with Crippen LogP contribution in [0, 0.1) is 11.8 Å². The number of hydrogen-bond acceptors (Lipinski definition) is 4. The number of aryl methyl sites for hydroxylation is 1. The van der Waals surface area contributed by atoms with Crippen molar-refractivity contribution in [2.45, 2.75) is 64.6 Å². The normalized spacial score (nSPS) is 28.3. The summed E-state index contributed by atoms with van der Waals surface area (Å²) < 4.78 is 1.87. The van der Waals surface area contributed by atoms with Gasteiger partial charge in [0.2, 0.25) is 11.8 Å². The van der Waals surface area contributed by atoms with Gasteiger partial charge >= 0.3 is 0 Å². The Balaban J connectivity index is 1.51. The van der Waals surface area contributed by atoms with Gasteiger partial charge in [0.25, 0.3) is 0 Å². The van der Waals surface area contributed by atoms with Gasteiger partial charge in [0, 0.05) is 51.5 Å². The fraction of sp³-hybridized carbons (Fsp3) is 0.773. The van der Waals surface area contributed by atoms with Crippen LogP contribution in [0.25, 0.3) is 0 Å². The maximum absolute atomic E-state index is 13.4. The molecule has 3 atom stereocenters. The quantitative estimate of drug-likeness (QED) is 0.756. The molecule has 3 fully saturated rings. The minimum absolute atomic E-state index is 0.0406. The van der Waals surface area contributed by atoms with E-state index >= 15 is 0 Å². The van der Waals surface area contributed by atoms with Crippen molar-refractivity contribution in [3.05, 3.63) is 18.0 Å². The fourth-order valence-corrected chi connectivity index (χ4v) is 5.50. The summed E-state index contributed by atoms with van der Waals surface area (Å²) in [6, 6.07) is 2.21. The molecule has 0 saturated carbocycles. The largest absolute Gasteiger partial charge is 0.342 e. The summed E-state index contributed by atoms with van der Waals surface area (Å²) in [5.41, 5.74) is 1.11. The first-order valence-electron chi connectivity index (χ1n) is 11.2. The van der Waals surface area contributed by atoms with Crippen LogP contribution in [0.1, 0.15) is 51.6 Å². The number of rotatable bonds is 5. The van der Waals surface area contributed by atoms with Crippen LogP contribution >= 0.6 is 0 Å².